The van der Waals surface area contributed by atoms with E-state index in [1.807, 2.05) is 18.2 Å². The van der Waals surface area contributed by atoms with Crippen molar-refractivity contribution in [3.63, 3.8) is 0 Å². The van der Waals surface area contributed by atoms with E-state index in [2.05, 4.69) is 10.6 Å². The first-order chi connectivity index (χ1) is 16.2. The van der Waals surface area contributed by atoms with E-state index in [1.165, 1.54) is 20.1 Å². The number of carbonyl (C=O) groups excluding carboxylic acids is 2. The number of benzene rings is 3. The van der Waals surface area contributed by atoms with E-state index in [-0.39, 0.29) is 23.1 Å². The van der Waals surface area contributed by atoms with Crippen molar-refractivity contribution in [1.29, 1.82) is 0 Å². The molecule has 34 heavy (non-hydrogen) atoms. The Labute approximate surface area is 199 Å². The van der Waals surface area contributed by atoms with Crippen LogP contribution in [0.5, 0.6) is 5.75 Å². The summed E-state index contributed by atoms with van der Waals surface area (Å²) in [4.78, 5) is 24.0. The number of sulfonamides is 1. The molecule has 0 heterocycles. The lowest BCUT2D eigenvalue weighted by molar-refractivity contribution is -0.116. The molecule has 0 spiro atoms. The summed E-state index contributed by atoms with van der Waals surface area (Å²) in [7, 11) is -2.67. The zero-order valence-corrected chi connectivity index (χ0v) is 20.1. The van der Waals surface area contributed by atoms with Gasteiger partial charge < -0.3 is 15.4 Å². The molecule has 3 rings (SSSR count). The van der Waals surface area contributed by atoms with E-state index >= 15 is 0 Å². The highest BCUT2D eigenvalue weighted by molar-refractivity contribution is 7.89. The van der Waals surface area contributed by atoms with Crippen molar-refractivity contribution in [2.45, 2.75) is 25.3 Å². The molecule has 3 aromatic rings. The molecule has 0 bridgehead atoms. The largest absolute Gasteiger partial charge is 0.495 e. The summed E-state index contributed by atoms with van der Waals surface area (Å²) in [6.07, 6.45) is 0. The Morgan fingerprint density at radius 3 is 2.12 bits per heavy atom. The van der Waals surface area contributed by atoms with Crippen molar-refractivity contribution in [2.24, 2.45) is 0 Å². The van der Waals surface area contributed by atoms with Gasteiger partial charge in [-0.05, 0) is 54.4 Å². The third-order valence-electron chi connectivity index (χ3n) is 4.95. The Kier molecular flexibility index (Phi) is 8.04. The number of methoxy groups -OCH3 is 1. The van der Waals surface area contributed by atoms with Gasteiger partial charge in [-0.25, -0.2) is 8.42 Å². The maximum atomic E-state index is 13.6. The number of anilines is 2. The van der Waals surface area contributed by atoms with Crippen LogP contribution in [0, 0.1) is 6.92 Å². The summed E-state index contributed by atoms with van der Waals surface area (Å²) in [5, 5.41) is 5.36. The predicted octanol–water partition coefficient (Wildman–Crippen LogP) is 3.79. The van der Waals surface area contributed by atoms with Gasteiger partial charge in [-0.3, -0.25) is 9.59 Å². The average Bonchev–Trinajstić information content (AvgIpc) is 2.80. The highest BCUT2D eigenvalue weighted by Crippen LogP contribution is 2.29. The van der Waals surface area contributed by atoms with Crippen molar-refractivity contribution in [1.82, 2.24) is 4.31 Å². The summed E-state index contributed by atoms with van der Waals surface area (Å²) < 4.78 is 33.7. The number of nitrogens with one attached hydrogen (secondary N) is 2. The van der Waals surface area contributed by atoms with Crippen LogP contribution >= 0.6 is 0 Å². The SMILES string of the molecule is COc1ccc(C)cc1S(=O)(=O)N(CC(=O)Nc1ccc(NC(C)=O)cc1)Cc1ccccc1. The molecule has 0 aliphatic rings. The third kappa shape index (κ3) is 6.43. The van der Waals surface area contributed by atoms with Crippen molar-refractivity contribution in [2.75, 3.05) is 24.3 Å². The van der Waals surface area contributed by atoms with Crippen molar-refractivity contribution < 1.29 is 22.7 Å². The fourth-order valence-corrected chi connectivity index (χ4v) is 4.96. The van der Waals surface area contributed by atoms with E-state index in [9.17, 15) is 18.0 Å². The van der Waals surface area contributed by atoms with Crippen LogP contribution in [0.25, 0.3) is 0 Å². The summed E-state index contributed by atoms with van der Waals surface area (Å²) in [5.74, 6) is -0.499. The zero-order chi connectivity index (χ0) is 24.7. The second-order valence-corrected chi connectivity index (χ2v) is 9.63. The molecule has 3 aromatic carbocycles. The number of hydrogen-bond donors (Lipinski definition) is 2. The Balaban J connectivity index is 1.87. The first kappa shape index (κ1) is 24.9. The van der Waals surface area contributed by atoms with Gasteiger partial charge >= 0.3 is 0 Å². The molecule has 0 unspecified atom stereocenters. The lowest BCUT2D eigenvalue weighted by Gasteiger charge is -2.23. The molecular weight excluding hydrogens is 454 g/mol. The smallest absolute Gasteiger partial charge is 0.247 e. The molecule has 0 atom stereocenters. The minimum Gasteiger partial charge on any atom is -0.495 e. The maximum absolute atomic E-state index is 13.6. The van der Waals surface area contributed by atoms with Gasteiger partial charge in [0.2, 0.25) is 21.8 Å². The second-order valence-electron chi connectivity index (χ2n) is 7.72. The topological polar surface area (TPSA) is 105 Å². The third-order valence-corrected chi connectivity index (χ3v) is 6.76. The van der Waals surface area contributed by atoms with Gasteiger partial charge in [-0.15, -0.1) is 0 Å². The number of hydrogen-bond acceptors (Lipinski definition) is 5. The minimum absolute atomic E-state index is 0.00149. The summed E-state index contributed by atoms with van der Waals surface area (Å²) >= 11 is 0. The number of ether oxygens (including phenoxy) is 1. The van der Waals surface area contributed by atoms with Crippen LogP contribution in [-0.4, -0.2) is 38.2 Å². The molecule has 0 fully saturated rings. The lowest BCUT2D eigenvalue weighted by atomic mass is 10.2. The van der Waals surface area contributed by atoms with Gasteiger partial charge in [-0.2, -0.15) is 4.31 Å². The van der Waals surface area contributed by atoms with E-state index in [4.69, 9.17) is 4.74 Å². The molecule has 0 radical (unpaired) electrons. The Morgan fingerprint density at radius 1 is 0.912 bits per heavy atom. The molecule has 0 aliphatic carbocycles. The second kappa shape index (κ2) is 11.0. The van der Waals surface area contributed by atoms with Gasteiger partial charge in [0.1, 0.15) is 10.6 Å². The van der Waals surface area contributed by atoms with Crippen molar-refractivity contribution in [3.05, 3.63) is 83.9 Å². The number of aryl methyl sites for hydroxylation is 1. The van der Waals surface area contributed by atoms with Gasteiger partial charge in [0, 0.05) is 24.8 Å². The number of rotatable bonds is 9. The van der Waals surface area contributed by atoms with Gasteiger partial charge in [0.05, 0.1) is 13.7 Å². The zero-order valence-electron chi connectivity index (χ0n) is 19.2. The molecule has 0 aliphatic heterocycles. The van der Waals surface area contributed by atoms with E-state index in [0.29, 0.717) is 11.4 Å². The van der Waals surface area contributed by atoms with Crippen LogP contribution in [0.4, 0.5) is 11.4 Å². The molecular formula is C25H27N3O5S. The van der Waals surface area contributed by atoms with E-state index in [1.54, 1.807) is 55.5 Å². The molecule has 2 amide bonds. The minimum atomic E-state index is -4.07. The number of amides is 2. The van der Waals surface area contributed by atoms with Gasteiger partial charge in [-0.1, -0.05) is 36.4 Å². The Bertz CT molecular complexity index is 1260. The quantitative estimate of drug-likeness (QED) is 0.484. The van der Waals surface area contributed by atoms with Gasteiger partial charge in [0.25, 0.3) is 0 Å². The maximum Gasteiger partial charge on any atom is 0.247 e. The summed E-state index contributed by atoms with van der Waals surface area (Å²) in [5.41, 5.74) is 2.56. The van der Waals surface area contributed by atoms with E-state index < -0.39 is 22.5 Å². The fraction of sp³-hybridized carbons (Fsp3) is 0.200. The van der Waals surface area contributed by atoms with Crippen molar-refractivity contribution >= 4 is 33.2 Å². The van der Waals surface area contributed by atoms with Crippen LogP contribution in [0.2, 0.25) is 0 Å². The fourth-order valence-electron chi connectivity index (χ4n) is 3.34. The van der Waals surface area contributed by atoms with Crippen LogP contribution in [0.3, 0.4) is 0 Å². The monoisotopic (exact) mass is 481 g/mol. The first-order valence-electron chi connectivity index (χ1n) is 10.6. The standard InChI is InChI=1S/C25H27N3O5S/c1-18-9-14-23(33-3)24(15-18)34(31,32)28(16-20-7-5-4-6-8-20)17-25(30)27-22-12-10-21(11-13-22)26-19(2)29/h4-15H,16-17H2,1-3H3,(H,26,29)(H,27,30). The molecule has 2 N–H and O–H groups in total. The molecule has 0 saturated heterocycles. The highest BCUT2D eigenvalue weighted by Gasteiger charge is 2.30. The highest BCUT2D eigenvalue weighted by atomic mass is 32.2. The van der Waals surface area contributed by atoms with Crippen LogP contribution in [-0.2, 0) is 26.2 Å². The normalized spacial score (nSPS) is 11.2. The Hall–Kier alpha value is -3.69. The molecule has 178 valence electrons. The molecule has 0 aromatic heterocycles. The Morgan fingerprint density at radius 2 is 1.53 bits per heavy atom. The van der Waals surface area contributed by atoms with Crippen LogP contribution in [0.15, 0.2) is 77.7 Å². The lowest BCUT2D eigenvalue weighted by Crippen LogP contribution is -2.37. The van der Waals surface area contributed by atoms with Gasteiger partial charge in [0.15, 0.2) is 0 Å². The molecule has 8 nitrogen and oxygen atoms in total. The van der Waals surface area contributed by atoms with Crippen molar-refractivity contribution in [3.8, 4) is 5.75 Å². The summed E-state index contributed by atoms with van der Waals surface area (Å²) in [6.45, 7) is 2.80. The van der Waals surface area contributed by atoms with Crippen LogP contribution in [0.1, 0.15) is 18.1 Å². The molecule has 0 saturated carbocycles. The summed E-state index contributed by atoms with van der Waals surface area (Å²) in [6, 6.07) is 20.5. The molecule has 9 heteroatoms. The predicted molar refractivity (Wildman–Crippen MR) is 131 cm³/mol. The van der Waals surface area contributed by atoms with E-state index in [0.717, 1.165) is 15.4 Å². The number of carbonyl (C=O) groups is 2. The van der Waals surface area contributed by atoms with Crippen LogP contribution < -0.4 is 15.4 Å². The number of nitrogens with zero attached hydrogens (tertiary/aromatic N) is 1. The average molecular weight is 482 g/mol. The first-order valence-corrected chi connectivity index (χ1v) is 12.0.